The number of nitrogen functional groups attached to an aromatic ring is 1. The van der Waals surface area contributed by atoms with Gasteiger partial charge in [-0.05, 0) is 24.3 Å². The lowest BCUT2D eigenvalue weighted by Crippen LogP contribution is -2.12. The summed E-state index contributed by atoms with van der Waals surface area (Å²) in [6.07, 6.45) is 2.34. The van der Waals surface area contributed by atoms with Crippen LogP contribution in [0, 0.1) is 0 Å². The van der Waals surface area contributed by atoms with Crippen LogP contribution in [-0.2, 0) is 10.0 Å². The zero-order valence-electron chi connectivity index (χ0n) is 9.93. The van der Waals surface area contributed by atoms with E-state index in [9.17, 15) is 8.42 Å². The largest absolute Gasteiger partial charge is 0.382 e. The Morgan fingerprint density at radius 3 is 2.50 bits per heavy atom. The van der Waals surface area contributed by atoms with Gasteiger partial charge in [-0.2, -0.15) is 0 Å². The first kappa shape index (κ1) is 12.8. The highest BCUT2D eigenvalue weighted by Gasteiger charge is 2.21. The normalized spacial score (nSPS) is 11.8. The van der Waals surface area contributed by atoms with Crippen LogP contribution in [0.1, 0.15) is 0 Å². The summed E-state index contributed by atoms with van der Waals surface area (Å²) in [4.78, 5) is 11.7. The summed E-state index contributed by atoms with van der Waals surface area (Å²) in [6.45, 7) is 0. The van der Waals surface area contributed by atoms with Crippen LogP contribution in [0.15, 0.2) is 41.8 Å². The maximum absolute atomic E-state index is 12.5. The van der Waals surface area contributed by atoms with Crippen molar-refractivity contribution in [2.24, 2.45) is 0 Å². The molecule has 0 spiro atoms. The van der Waals surface area contributed by atoms with Crippen LogP contribution in [0.5, 0.6) is 0 Å². The second kappa shape index (κ2) is 4.43. The molecule has 0 amide bonds. The van der Waals surface area contributed by atoms with Gasteiger partial charge in [0.25, 0.3) is 10.0 Å². The van der Waals surface area contributed by atoms with E-state index in [1.807, 2.05) is 0 Å². The first-order valence-corrected chi connectivity index (χ1v) is 7.26. The first-order valence-electron chi connectivity index (χ1n) is 5.45. The van der Waals surface area contributed by atoms with Crippen LogP contribution >= 0.6 is 11.6 Å². The summed E-state index contributed by atoms with van der Waals surface area (Å²) in [6, 6.07) is 5.82. The average Bonchev–Trinajstić information content (AvgIpc) is 2.85. The lowest BCUT2D eigenvalue weighted by Gasteiger charge is -2.05. The van der Waals surface area contributed by atoms with E-state index in [4.69, 9.17) is 17.3 Å². The van der Waals surface area contributed by atoms with Gasteiger partial charge in [-0.1, -0.05) is 11.6 Å². The number of fused-ring (bicyclic) bond motifs is 1. The Kier molecular flexibility index (Phi) is 2.84. The number of rotatable bonds is 2. The van der Waals surface area contributed by atoms with Crippen molar-refractivity contribution in [1.29, 1.82) is 0 Å². The minimum absolute atomic E-state index is 0.0818. The predicted molar refractivity (Wildman–Crippen MR) is 73.8 cm³/mol. The molecule has 2 heterocycles. The molecular weight excluding hydrogens is 302 g/mol. The third-order valence-corrected chi connectivity index (χ3v) is 4.61. The van der Waals surface area contributed by atoms with Crippen molar-refractivity contribution in [3.05, 3.63) is 41.9 Å². The van der Waals surface area contributed by atoms with Crippen molar-refractivity contribution in [1.82, 2.24) is 18.9 Å². The number of hydrogen-bond acceptors (Lipinski definition) is 6. The van der Waals surface area contributed by atoms with Gasteiger partial charge in [0, 0.05) is 5.02 Å². The van der Waals surface area contributed by atoms with Gasteiger partial charge in [-0.25, -0.2) is 27.3 Å². The van der Waals surface area contributed by atoms with Gasteiger partial charge in [-0.15, -0.1) is 0 Å². The van der Waals surface area contributed by atoms with Crippen molar-refractivity contribution in [2.45, 2.75) is 4.90 Å². The number of imidazole rings is 1. The van der Waals surface area contributed by atoms with Crippen molar-refractivity contribution in [3.63, 3.8) is 0 Å². The second-order valence-corrected chi connectivity index (χ2v) is 6.18. The molecule has 0 fully saturated rings. The van der Waals surface area contributed by atoms with E-state index >= 15 is 0 Å². The quantitative estimate of drug-likeness (QED) is 0.765. The lowest BCUT2D eigenvalue weighted by atomic mass is 10.4. The molecule has 2 aromatic heterocycles. The van der Waals surface area contributed by atoms with Crippen molar-refractivity contribution in [3.8, 4) is 0 Å². The van der Waals surface area contributed by atoms with E-state index in [1.54, 1.807) is 0 Å². The maximum Gasteiger partial charge on any atom is 0.270 e. The van der Waals surface area contributed by atoms with Gasteiger partial charge in [0.2, 0.25) is 0 Å². The number of benzene rings is 1. The number of aromatic nitrogens is 4. The van der Waals surface area contributed by atoms with Crippen molar-refractivity contribution in [2.75, 3.05) is 5.73 Å². The summed E-state index contributed by atoms with van der Waals surface area (Å²) < 4.78 is 26.0. The molecule has 20 heavy (non-hydrogen) atoms. The maximum atomic E-state index is 12.5. The van der Waals surface area contributed by atoms with Gasteiger partial charge in [0.05, 0.1) is 4.90 Å². The molecule has 3 rings (SSSR count). The highest BCUT2D eigenvalue weighted by Crippen LogP contribution is 2.21. The van der Waals surface area contributed by atoms with Crippen LogP contribution in [0.2, 0.25) is 5.02 Å². The first-order chi connectivity index (χ1) is 9.50. The SMILES string of the molecule is Nc1ncnc2c1ncn2S(=O)(=O)c1ccc(Cl)cc1. The second-order valence-electron chi connectivity index (χ2n) is 3.93. The Bertz CT molecular complexity index is 889. The highest BCUT2D eigenvalue weighted by molar-refractivity contribution is 7.90. The van der Waals surface area contributed by atoms with Crippen LogP contribution in [0.25, 0.3) is 11.2 Å². The Morgan fingerprint density at radius 2 is 1.80 bits per heavy atom. The Hall–Kier alpha value is -2.19. The zero-order valence-corrected chi connectivity index (χ0v) is 11.5. The Balaban J connectivity index is 2.24. The van der Waals surface area contributed by atoms with Crippen molar-refractivity contribution < 1.29 is 8.42 Å². The van der Waals surface area contributed by atoms with Gasteiger partial charge in [-0.3, -0.25) is 0 Å². The van der Waals surface area contributed by atoms with E-state index in [0.29, 0.717) is 5.02 Å². The number of anilines is 1. The summed E-state index contributed by atoms with van der Waals surface area (Å²) in [5.41, 5.74) is 6.00. The smallest absolute Gasteiger partial charge is 0.270 e. The third kappa shape index (κ3) is 1.89. The average molecular weight is 310 g/mol. The van der Waals surface area contributed by atoms with E-state index in [1.165, 1.54) is 30.6 Å². The van der Waals surface area contributed by atoms with Crippen LogP contribution in [-0.4, -0.2) is 27.3 Å². The van der Waals surface area contributed by atoms with E-state index in [-0.39, 0.29) is 21.9 Å². The van der Waals surface area contributed by atoms with Crippen LogP contribution in [0.3, 0.4) is 0 Å². The number of nitrogens with two attached hydrogens (primary N) is 1. The fourth-order valence-electron chi connectivity index (χ4n) is 1.73. The molecule has 9 heteroatoms. The summed E-state index contributed by atoms with van der Waals surface area (Å²) in [5.74, 6) is 0.125. The Morgan fingerprint density at radius 1 is 1.10 bits per heavy atom. The Labute approximate surface area is 119 Å². The van der Waals surface area contributed by atoms with E-state index < -0.39 is 10.0 Å². The molecule has 0 aliphatic heterocycles. The minimum atomic E-state index is -3.81. The molecule has 0 aliphatic carbocycles. The fourth-order valence-corrected chi connectivity index (χ4v) is 3.09. The molecule has 0 unspecified atom stereocenters. The molecule has 0 atom stereocenters. The van der Waals surface area contributed by atoms with Crippen molar-refractivity contribution >= 4 is 38.6 Å². The highest BCUT2D eigenvalue weighted by atomic mass is 35.5. The fraction of sp³-hybridized carbons (Fsp3) is 0. The number of nitrogens with zero attached hydrogens (tertiary/aromatic N) is 4. The van der Waals surface area contributed by atoms with Gasteiger partial charge in [0.15, 0.2) is 17.0 Å². The van der Waals surface area contributed by atoms with E-state index in [0.717, 1.165) is 10.3 Å². The molecule has 7 nitrogen and oxygen atoms in total. The number of hydrogen-bond donors (Lipinski definition) is 1. The molecule has 2 N–H and O–H groups in total. The molecule has 0 radical (unpaired) electrons. The van der Waals surface area contributed by atoms with Crippen LogP contribution < -0.4 is 5.73 Å². The molecule has 1 aromatic carbocycles. The molecule has 3 aromatic rings. The molecule has 0 saturated carbocycles. The summed E-state index contributed by atoms with van der Waals surface area (Å²) in [5, 5.41) is 0.450. The summed E-state index contributed by atoms with van der Waals surface area (Å²) in [7, 11) is -3.81. The van der Waals surface area contributed by atoms with Gasteiger partial charge in [0.1, 0.15) is 12.7 Å². The molecular formula is C11H8ClN5O2S. The zero-order chi connectivity index (χ0) is 14.3. The molecule has 0 aliphatic rings. The standard InChI is InChI=1S/C11H8ClN5O2S/c12-7-1-3-8(4-2-7)20(18,19)17-6-16-9-10(13)14-5-15-11(9)17/h1-6H,(H2,13,14,15). The topological polar surface area (TPSA) is 104 Å². The number of halogens is 1. The lowest BCUT2D eigenvalue weighted by molar-refractivity contribution is 0.588. The van der Waals surface area contributed by atoms with Gasteiger partial charge < -0.3 is 5.73 Å². The molecule has 0 saturated heterocycles. The molecule has 0 bridgehead atoms. The minimum Gasteiger partial charge on any atom is -0.382 e. The van der Waals surface area contributed by atoms with E-state index in [2.05, 4.69) is 15.0 Å². The predicted octanol–water partition coefficient (Wildman–Crippen LogP) is 1.30. The molecule has 102 valence electrons. The van der Waals surface area contributed by atoms with Crippen LogP contribution in [0.4, 0.5) is 5.82 Å². The monoisotopic (exact) mass is 309 g/mol. The third-order valence-electron chi connectivity index (χ3n) is 2.70. The summed E-state index contributed by atoms with van der Waals surface area (Å²) >= 11 is 5.75. The van der Waals surface area contributed by atoms with Gasteiger partial charge >= 0.3 is 0 Å².